The number of hydrogen-bond acceptors (Lipinski definition) is 3. The van der Waals surface area contributed by atoms with Gasteiger partial charge in [-0.1, -0.05) is 12.1 Å². The van der Waals surface area contributed by atoms with Gasteiger partial charge in [0.1, 0.15) is 0 Å². The van der Waals surface area contributed by atoms with Crippen molar-refractivity contribution in [2.75, 3.05) is 19.5 Å². The first-order valence-electron chi connectivity index (χ1n) is 7.63. The summed E-state index contributed by atoms with van der Waals surface area (Å²) in [6.07, 6.45) is -2.86. The quantitative estimate of drug-likeness (QED) is 0.777. The predicted octanol–water partition coefficient (Wildman–Crippen LogP) is 4.76. The van der Waals surface area contributed by atoms with Gasteiger partial charge in [-0.3, -0.25) is 4.79 Å². The van der Waals surface area contributed by atoms with Gasteiger partial charge in [-0.15, -0.1) is 0 Å². The van der Waals surface area contributed by atoms with E-state index >= 15 is 0 Å². The monoisotopic (exact) mass is 365 g/mol. The van der Waals surface area contributed by atoms with Crippen molar-refractivity contribution < 1.29 is 27.4 Å². The molecule has 0 heterocycles. The fourth-order valence-electron chi connectivity index (χ4n) is 2.26. The maximum atomic E-state index is 12.7. The highest BCUT2D eigenvalue weighted by Gasteiger charge is 2.30. The highest BCUT2D eigenvalue weighted by atomic mass is 19.4. The number of nitrogens with one attached hydrogen (secondary N) is 1. The van der Waals surface area contributed by atoms with Gasteiger partial charge in [0.05, 0.1) is 19.8 Å². The molecule has 0 fully saturated rings. The summed E-state index contributed by atoms with van der Waals surface area (Å²) in [5.41, 5.74) is 0.274. The number of carbonyl (C=O) groups is 1. The Morgan fingerprint density at radius 3 is 2.35 bits per heavy atom. The van der Waals surface area contributed by atoms with Gasteiger partial charge in [-0.25, -0.2) is 0 Å². The number of alkyl halides is 3. The maximum absolute atomic E-state index is 12.7. The van der Waals surface area contributed by atoms with Crippen LogP contribution in [0.3, 0.4) is 0 Å². The molecule has 26 heavy (non-hydrogen) atoms. The van der Waals surface area contributed by atoms with Crippen molar-refractivity contribution in [2.45, 2.75) is 13.1 Å². The van der Waals surface area contributed by atoms with E-state index in [1.807, 2.05) is 0 Å². The molecule has 0 bridgehead atoms. The van der Waals surface area contributed by atoms with Crippen molar-refractivity contribution in [3.05, 3.63) is 59.2 Å². The van der Waals surface area contributed by atoms with Crippen molar-refractivity contribution in [1.82, 2.24) is 0 Å². The zero-order valence-corrected chi connectivity index (χ0v) is 14.5. The Balaban J connectivity index is 2.18. The van der Waals surface area contributed by atoms with E-state index in [1.54, 1.807) is 31.2 Å². The minimum absolute atomic E-state index is 0.0740. The smallest absolute Gasteiger partial charge is 0.416 e. The number of hydrogen-bond donors (Lipinski definition) is 1. The second-order valence-electron chi connectivity index (χ2n) is 5.47. The van der Waals surface area contributed by atoms with Crippen LogP contribution >= 0.6 is 0 Å². The first kappa shape index (κ1) is 19.4. The molecule has 0 spiro atoms. The number of rotatable bonds is 5. The van der Waals surface area contributed by atoms with Crippen molar-refractivity contribution in [2.24, 2.45) is 0 Å². The van der Waals surface area contributed by atoms with E-state index in [9.17, 15) is 18.0 Å². The Hall–Kier alpha value is -2.96. The maximum Gasteiger partial charge on any atom is 0.416 e. The van der Waals surface area contributed by atoms with E-state index in [0.717, 1.165) is 12.1 Å². The van der Waals surface area contributed by atoms with Crippen molar-refractivity contribution in [3.63, 3.8) is 0 Å². The number of carbonyl (C=O) groups excluding carboxylic acids is 1. The molecule has 0 aliphatic carbocycles. The number of benzene rings is 2. The number of methoxy groups -OCH3 is 2. The summed E-state index contributed by atoms with van der Waals surface area (Å²) in [7, 11) is 3.01. The lowest BCUT2D eigenvalue weighted by molar-refractivity contribution is -0.137. The molecule has 2 aromatic carbocycles. The molecule has 7 heteroatoms. The molecule has 1 N–H and O–H groups in total. The van der Waals surface area contributed by atoms with Crippen LogP contribution in [0.25, 0.3) is 6.08 Å². The van der Waals surface area contributed by atoms with E-state index in [4.69, 9.17) is 9.47 Å². The Morgan fingerprint density at radius 2 is 1.73 bits per heavy atom. The third-order valence-electron chi connectivity index (χ3n) is 3.60. The van der Waals surface area contributed by atoms with Gasteiger partial charge >= 0.3 is 6.18 Å². The molecule has 2 rings (SSSR count). The fraction of sp³-hybridized carbons (Fsp3) is 0.211. The molecule has 0 aromatic heterocycles. The zero-order valence-electron chi connectivity index (χ0n) is 14.5. The van der Waals surface area contributed by atoms with Gasteiger partial charge in [0.25, 0.3) is 5.91 Å². The van der Waals surface area contributed by atoms with Gasteiger partial charge in [0.15, 0.2) is 11.5 Å². The van der Waals surface area contributed by atoms with Gasteiger partial charge in [-0.2, -0.15) is 13.2 Å². The van der Waals surface area contributed by atoms with Gasteiger partial charge in [0.2, 0.25) is 0 Å². The van der Waals surface area contributed by atoms with E-state index in [1.165, 1.54) is 26.4 Å². The molecular formula is C19H18F3NO3. The Kier molecular flexibility index (Phi) is 5.92. The van der Waals surface area contributed by atoms with Crippen LogP contribution < -0.4 is 14.8 Å². The predicted molar refractivity (Wildman–Crippen MR) is 93.3 cm³/mol. The second kappa shape index (κ2) is 7.95. The van der Waals surface area contributed by atoms with E-state index in [-0.39, 0.29) is 5.69 Å². The minimum atomic E-state index is -4.47. The minimum Gasteiger partial charge on any atom is -0.493 e. The van der Waals surface area contributed by atoms with Crippen LogP contribution in [0.5, 0.6) is 11.5 Å². The standard InChI is InChI=1S/C19H18F3NO3/c1-12(9-13-7-8-16(25-2)17(10-13)26-3)18(24)23-15-6-4-5-14(11-15)19(20,21)22/h4-11H,1-3H3,(H,23,24)/b12-9+. The lowest BCUT2D eigenvalue weighted by Crippen LogP contribution is -2.13. The highest BCUT2D eigenvalue weighted by molar-refractivity contribution is 6.06. The lowest BCUT2D eigenvalue weighted by atomic mass is 10.1. The molecule has 0 radical (unpaired) electrons. The van der Waals surface area contributed by atoms with Gasteiger partial charge < -0.3 is 14.8 Å². The number of amides is 1. The fourth-order valence-corrected chi connectivity index (χ4v) is 2.26. The largest absolute Gasteiger partial charge is 0.493 e. The van der Waals surface area contributed by atoms with Crippen molar-refractivity contribution in [3.8, 4) is 11.5 Å². The number of anilines is 1. The molecular weight excluding hydrogens is 347 g/mol. The Labute approximate surface area is 149 Å². The average Bonchev–Trinajstić information content (AvgIpc) is 2.61. The third-order valence-corrected chi connectivity index (χ3v) is 3.60. The number of ether oxygens (including phenoxy) is 2. The van der Waals surface area contributed by atoms with E-state index in [0.29, 0.717) is 22.6 Å². The van der Waals surface area contributed by atoms with Crippen molar-refractivity contribution >= 4 is 17.7 Å². The lowest BCUT2D eigenvalue weighted by Gasteiger charge is -2.10. The van der Waals surface area contributed by atoms with Crippen LogP contribution in [-0.4, -0.2) is 20.1 Å². The van der Waals surface area contributed by atoms with E-state index in [2.05, 4.69) is 5.32 Å². The van der Waals surface area contributed by atoms with Crippen molar-refractivity contribution in [1.29, 1.82) is 0 Å². The summed E-state index contributed by atoms with van der Waals surface area (Å²) in [5.74, 6) is 0.558. The highest BCUT2D eigenvalue weighted by Crippen LogP contribution is 2.31. The van der Waals surface area contributed by atoms with Crippen LogP contribution in [-0.2, 0) is 11.0 Å². The molecule has 0 saturated heterocycles. The molecule has 1 amide bonds. The first-order valence-corrected chi connectivity index (χ1v) is 7.63. The van der Waals surface area contributed by atoms with Crippen LogP contribution in [0.2, 0.25) is 0 Å². The average molecular weight is 365 g/mol. The molecule has 0 unspecified atom stereocenters. The van der Waals surface area contributed by atoms with E-state index < -0.39 is 17.6 Å². The molecule has 0 aliphatic rings. The van der Waals surface area contributed by atoms with Gasteiger partial charge in [-0.05, 0) is 48.9 Å². The van der Waals surface area contributed by atoms with Crippen LogP contribution in [0.15, 0.2) is 48.0 Å². The summed E-state index contributed by atoms with van der Waals surface area (Å²) < 4.78 is 48.6. The SMILES string of the molecule is COc1ccc(/C=C(\C)C(=O)Nc2cccc(C(F)(F)F)c2)cc1OC. The molecule has 2 aromatic rings. The normalized spacial score (nSPS) is 11.8. The summed E-state index contributed by atoms with van der Waals surface area (Å²) >= 11 is 0. The summed E-state index contributed by atoms with van der Waals surface area (Å²) in [6.45, 7) is 1.57. The Bertz CT molecular complexity index is 829. The molecule has 0 atom stereocenters. The summed E-state index contributed by atoms with van der Waals surface area (Å²) in [5, 5.41) is 2.46. The molecule has 138 valence electrons. The first-order chi connectivity index (χ1) is 12.2. The zero-order chi connectivity index (χ0) is 19.3. The van der Waals surface area contributed by atoms with Crippen LogP contribution in [0.1, 0.15) is 18.1 Å². The topological polar surface area (TPSA) is 47.6 Å². The number of halogens is 3. The second-order valence-corrected chi connectivity index (χ2v) is 5.47. The summed E-state index contributed by atoms with van der Waals surface area (Å²) in [6, 6.07) is 9.61. The third kappa shape index (κ3) is 4.78. The van der Waals surface area contributed by atoms with Crippen LogP contribution in [0, 0.1) is 0 Å². The van der Waals surface area contributed by atoms with Crippen LogP contribution in [0.4, 0.5) is 18.9 Å². The molecule has 4 nitrogen and oxygen atoms in total. The van der Waals surface area contributed by atoms with Gasteiger partial charge in [0, 0.05) is 11.3 Å². The Morgan fingerprint density at radius 1 is 1.04 bits per heavy atom. The molecule has 0 aliphatic heterocycles. The molecule has 0 saturated carbocycles. The summed E-state index contributed by atoms with van der Waals surface area (Å²) in [4.78, 5) is 12.2.